The van der Waals surface area contributed by atoms with Crippen molar-refractivity contribution in [2.45, 2.75) is 15.7 Å². The van der Waals surface area contributed by atoms with Gasteiger partial charge in [0.1, 0.15) is 6.07 Å². The summed E-state index contributed by atoms with van der Waals surface area (Å²) in [6.07, 6.45) is -2.74. The van der Waals surface area contributed by atoms with E-state index in [2.05, 4.69) is 5.10 Å². The highest BCUT2D eigenvalue weighted by atomic mass is 35.5. The zero-order valence-electron chi connectivity index (χ0n) is 14.8. The Kier molecular flexibility index (Phi) is 7.52. The van der Waals surface area contributed by atoms with E-state index < -0.39 is 53.8 Å². The minimum absolute atomic E-state index is 0.0248. The van der Waals surface area contributed by atoms with Crippen molar-refractivity contribution in [3.05, 3.63) is 51.8 Å². The smallest absolute Gasteiger partial charge is 0.352 e. The lowest BCUT2D eigenvalue weighted by Crippen LogP contribution is -2.55. The van der Waals surface area contributed by atoms with Gasteiger partial charge in [-0.25, -0.2) is 4.21 Å². The number of nitrogens with zero attached hydrogens (tertiary/aromatic N) is 4. The van der Waals surface area contributed by atoms with Gasteiger partial charge in [-0.2, -0.15) is 32.7 Å². The number of benzene rings is 1. The van der Waals surface area contributed by atoms with E-state index in [1.165, 1.54) is 12.1 Å². The first-order valence-electron chi connectivity index (χ1n) is 7.57. The second kappa shape index (κ2) is 9.09. The SMILES string of the molecule is COC(C#N)(C(=O)N(n1cccn1)S(=O)C(F)(Cl)Cl)c1c(Cl)cc(C(F)(F)F)cc1Cl. The standard InChI is InChI=1S/C15H8Cl4F4N4O3S/c1-30-13(7-24,11-9(16)5-8(6-10(11)17)14(20,21)22)12(28)27(26-4-2-3-25-26)31(29)15(18,19)23/h2-6H,1H3. The maximum Gasteiger partial charge on any atom is 0.416 e. The fourth-order valence-corrected chi connectivity index (χ4v) is 4.23. The van der Waals surface area contributed by atoms with Crippen LogP contribution in [0.3, 0.4) is 0 Å². The Labute approximate surface area is 194 Å². The summed E-state index contributed by atoms with van der Waals surface area (Å²) in [5.74, 6) is -1.62. The molecule has 2 unspecified atom stereocenters. The Hall–Kier alpha value is -1.62. The Morgan fingerprint density at radius 1 is 1.26 bits per heavy atom. The van der Waals surface area contributed by atoms with Crippen molar-refractivity contribution in [3.63, 3.8) is 0 Å². The van der Waals surface area contributed by atoms with Gasteiger partial charge in [-0.1, -0.05) is 23.2 Å². The highest BCUT2D eigenvalue weighted by Gasteiger charge is 2.53. The van der Waals surface area contributed by atoms with Crippen LogP contribution in [-0.4, -0.2) is 31.0 Å². The van der Waals surface area contributed by atoms with Crippen LogP contribution in [0.2, 0.25) is 10.0 Å². The molecule has 0 N–H and O–H groups in total. The molecule has 0 radical (unpaired) electrons. The minimum Gasteiger partial charge on any atom is -0.352 e. The molecule has 2 aromatic rings. The normalized spacial score (nSPS) is 15.1. The van der Waals surface area contributed by atoms with Crippen LogP contribution >= 0.6 is 46.4 Å². The van der Waals surface area contributed by atoms with Gasteiger partial charge in [-0.15, -0.1) is 4.41 Å². The average molecular weight is 542 g/mol. The van der Waals surface area contributed by atoms with Crippen molar-refractivity contribution in [1.82, 2.24) is 9.89 Å². The summed E-state index contributed by atoms with van der Waals surface area (Å²) in [7, 11) is -2.42. The highest BCUT2D eigenvalue weighted by molar-refractivity contribution is 7.90. The van der Waals surface area contributed by atoms with E-state index in [1.54, 1.807) is 0 Å². The number of ether oxygens (including phenoxy) is 1. The van der Waals surface area contributed by atoms with E-state index in [4.69, 9.17) is 51.1 Å². The number of carbonyl (C=O) groups is 1. The van der Waals surface area contributed by atoms with Gasteiger partial charge < -0.3 is 4.74 Å². The monoisotopic (exact) mass is 540 g/mol. The van der Waals surface area contributed by atoms with Crippen LogP contribution in [0.5, 0.6) is 0 Å². The van der Waals surface area contributed by atoms with Crippen molar-refractivity contribution >= 4 is 63.3 Å². The maximum absolute atomic E-state index is 14.0. The summed E-state index contributed by atoms with van der Waals surface area (Å²) in [6.45, 7) is 0. The fourth-order valence-electron chi connectivity index (χ4n) is 2.36. The molecule has 2 rings (SSSR count). The third kappa shape index (κ3) is 4.92. The van der Waals surface area contributed by atoms with Crippen LogP contribution in [0, 0.1) is 11.3 Å². The van der Waals surface area contributed by atoms with Gasteiger partial charge in [0.2, 0.25) is 11.0 Å². The number of hydrogen-bond acceptors (Lipinski definition) is 5. The average Bonchev–Trinajstić information content (AvgIpc) is 3.17. The number of carbonyl (C=O) groups excluding carboxylic acids is 1. The molecule has 0 saturated carbocycles. The molecular formula is C15H8Cl4F4N4O3S. The maximum atomic E-state index is 14.0. The van der Waals surface area contributed by atoms with Crippen molar-refractivity contribution in [2.75, 3.05) is 11.5 Å². The lowest BCUT2D eigenvalue weighted by Gasteiger charge is -2.32. The zero-order valence-corrected chi connectivity index (χ0v) is 18.7. The first-order valence-corrected chi connectivity index (χ1v) is 10.2. The number of methoxy groups -OCH3 is 1. The number of amides is 1. The molecule has 0 saturated heterocycles. The number of hydrogen-bond donors (Lipinski definition) is 0. The van der Waals surface area contributed by atoms with Crippen molar-refractivity contribution < 1.29 is 31.3 Å². The number of rotatable bonds is 6. The number of nitriles is 1. The lowest BCUT2D eigenvalue weighted by molar-refractivity contribution is -0.137. The number of alkyl halides is 6. The number of aromatic nitrogens is 2. The number of halogens is 8. The molecule has 1 aromatic heterocycles. The third-order valence-electron chi connectivity index (χ3n) is 3.69. The Balaban J connectivity index is 2.77. The predicted octanol–water partition coefficient (Wildman–Crippen LogP) is 4.46. The van der Waals surface area contributed by atoms with Crippen LogP contribution in [0.4, 0.5) is 17.6 Å². The third-order valence-corrected chi connectivity index (χ3v) is 6.12. The van der Waals surface area contributed by atoms with E-state index in [9.17, 15) is 31.8 Å². The van der Waals surface area contributed by atoms with Crippen LogP contribution in [0.15, 0.2) is 30.6 Å². The second-order valence-corrected chi connectivity index (χ2v) is 9.41. The van der Waals surface area contributed by atoms with Crippen LogP contribution in [0.1, 0.15) is 11.1 Å². The molecule has 2 atom stereocenters. The quantitative estimate of drug-likeness (QED) is 0.398. The molecule has 1 aromatic carbocycles. The van der Waals surface area contributed by atoms with Crippen molar-refractivity contribution in [2.24, 2.45) is 0 Å². The van der Waals surface area contributed by atoms with Gasteiger partial charge in [-0.3, -0.25) is 4.79 Å². The molecule has 31 heavy (non-hydrogen) atoms. The first kappa shape index (κ1) is 25.6. The summed E-state index contributed by atoms with van der Waals surface area (Å²) in [5.41, 5.74) is -4.90. The predicted molar refractivity (Wildman–Crippen MR) is 105 cm³/mol. The van der Waals surface area contributed by atoms with Crippen LogP contribution in [0.25, 0.3) is 0 Å². The summed E-state index contributed by atoms with van der Waals surface area (Å²) >= 11 is 22.3. The van der Waals surface area contributed by atoms with Crippen molar-refractivity contribution in [1.29, 1.82) is 5.26 Å². The minimum atomic E-state index is -4.86. The molecule has 0 aliphatic heterocycles. The molecule has 0 aliphatic rings. The Morgan fingerprint density at radius 3 is 2.16 bits per heavy atom. The zero-order chi connectivity index (χ0) is 23.8. The van der Waals surface area contributed by atoms with Crippen molar-refractivity contribution in [3.8, 4) is 6.07 Å². The van der Waals surface area contributed by atoms with E-state index >= 15 is 0 Å². The van der Waals surface area contributed by atoms with Gasteiger partial charge in [0, 0.05) is 12.7 Å². The lowest BCUT2D eigenvalue weighted by atomic mass is 9.92. The molecule has 0 aliphatic carbocycles. The second-order valence-electron chi connectivity index (χ2n) is 5.51. The Bertz CT molecular complexity index is 1030. The summed E-state index contributed by atoms with van der Waals surface area (Å²) in [4.78, 5) is 13.8. The molecule has 0 bridgehead atoms. The van der Waals surface area contributed by atoms with Crippen LogP contribution in [-0.2, 0) is 32.3 Å². The fraction of sp³-hybridized carbons (Fsp3) is 0.267. The van der Waals surface area contributed by atoms with Gasteiger partial charge in [0.15, 0.2) is 0 Å². The summed E-state index contributed by atoms with van der Waals surface area (Å²) in [5, 5.41) is 11.8. The van der Waals surface area contributed by atoms with Crippen LogP contribution < -0.4 is 4.41 Å². The van der Waals surface area contributed by atoms with E-state index in [0.717, 1.165) is 19.5 Å². The van der Waals surface area contributed by atoms with Gasteiger partial charge in [0.25, 0.3) is 5.60 Å². The Morgan fingerprint density at radius 2 is 1.81 bits per heavy atom. The van der Waals surface area contributed by atoms with Gasteiger partial charge in [0.05, 0.1) is 28.0 Å². The summed E-state index contributed by atoms with van der Waals surface area (Å²) < 4.78 is 67.1. The first-order chi connectivity index (χ1) is 14.2. The van der Waals surface area contributed by atoms with Gasteiger partial charge in [-0.05, 0) is 41.4 Å². The molecule has 7 nitrogen and oxygen atoms in total. The highest BCUT2D eigenvalue weighted by Crippen LogP contribution is 2.42. The van der Waals surface area contributed by atoms with Gasteiger partial charge >= 0.3 is 16.0 Å². The van der Waals surface area contributed by atoms with E-state index in [1.807, 2.05) is 0 Å². The molecule has 1 heterocycles. The van der Waals surface area contributed by atoms with E-state index in [-0.39, 0.29) is 4.41 Å². The molecule has 0 spiro atoms. The molecular weight excluding hydrogens is 534 g/mol. The molecule has 1 amide bonds. The molecule has 16 heteroatoms. The molecule has 0 fully saturated rings. The van der Waals surface area contributed by atoms with E-state index in [0.29, 0.717) is 16.9 Å². The molecule has 168 valence electrons. The topological polar surface area (TPSA) is 88.2 Å². The largest absolute Gasteiger partial charge is 0.416 e. The summed E-state index contributed by atoms with van der Waals surface area (Å²) in [6, 6.07) is 3.46.